The summed E-state index contributed by atoms with van der Waals surface area (Å²) < 4.78 is 12.8. The highest BCUT2D eigenvalue weighted by molar-refractivity contribution is 5.61. The molecule has 0 atom stereocenters. The standard InChI is InChI=1S/C13H10FN3/c1-17(12-5-2-10(14)3-6-12)13-7-4-11(8-15)16-9-13/h2-7,9H,1H3. The molecule has 0 aliphatic carbocycles. The minimum atomic E-state index is -0.264. The number of anilines is 2. The van der Waals surface area contributed by atoms with Gasteiger partial charge in [0.2, 0.25) is 0 Å². The van der Waals surface area contributed by atoms with E-state index in [4.69, 9.17) is 5.26 Å². The zero-order valence-electron chi connectivity index (χ0n) is 9.26. The highest BCUT2D eigenvalue weighted by Crippen LogP contribution is 2.22. The number of nitriles is 1. The van der Waals surface area contributed by atoms with Gasteiger partial charge in [0.05, 0.1) is 11.9 Å². The van der Waals surface area contributed by atoms with Crippen molar-refractivity contribution in [3.63, 3.8) is 0 Å². The molecular formula is C13H10FN3. The number of hydrogen-bond donors (Lipinski definition) is 0. The van der Waals surface area contributed by atoms with Crippen molar-refractivity contribution in [3.8, 4) is 6.07 Å². The van der Waals surface area contributed by atoms with Gasteiger partial charge in [-0.05, 0) is 36.4 Å². The largest absolute Gasteiger partial charge is 0.343 e. The molecular weight excluding hydrogens is 217 g/mol. The second kappa shape index (κ2) is 4.62. The van der Waals surface area contributed by atoms with E-state index < -0.39 is 0 Å². The fourth-order valence-corrected chi connectivity index (χ4v) is 1.46. The summed E-state index contributed by atoms with van der Waals surface area (Å²) in [4.78, 5) is 5.85. The first-order valence-corrected chi connectivity index (χ1v) is 5.06. The van der Waals surface area contributed by atoms with Crippen molar-refractivity contribution in [2.24, 2.45) is 0 Å². The zero-order valence-corrected chi connectivity index (χ0v) is 9.26. The topological polar surface area (TPSA) is 39.9 Å². The normalized spacial score (nSPS) is 9.71. The molecule has 3 nitrogen and oxygen atoms in total. The number of pyridine rings is 1. The lowest BCUT2D eigenvalue weighted by molar-refractivity contribution is 0.628. The Morgan fingerprint density at radius 3 is 2.29 bits per heavy atom. The van der Waals surface area contributed by atoms with Crippen molar-refractivity contribution in [3.05, 3.63) is 54.1 Å². The van der Waals surface area contributed by atoms with E-state index in [0.29, 0.717) is 5.69 Å². The summed E-state index contributed by atoms with van der Waals surface area (Å²) in [5, 5.41) is 8.65. The minimum Gasteiger partial charge on any atom is -0.343 e. The third-order valence-electron chi connectivity index (χ3n) is 2.46. The average molecular weight is 227 g/mol. The van der Waals surface area contributed by atoms with Crippen LogP contribution < -0.4 is 4.90 Å². The summed E-state index contributed by atoms with van der Waals surface area (Å²) in [6.07, 6.45) is 1.61. The number of benzene rings is 1. The molecule has 1 heterocycles. The second-order valence-corrected chi connectivity index (χ2v) is 3.55. The fourth-order valence-electron chi connectivity index (χ4n) is 1.46. The number of halogens is 1. The first kappa shape index (κ1) is 11.1. The molecule has 84 valence electrons. The van der Waals surface area contributed by atoms with E-state index in [0.717, 1.165) is 11.4 Å². The van der Waals surface area contributed by atoms with Crippen molar-refractivity contribution >= 4 is 11.4 Å². The molecule has 0 saturated carbocycles. The third-order valence-corrected chi connectivity index (χ3v) is 2.46. The zero-order chi connectivity index (χ0) is 12.3. The molecule has 0 fully saturated rings. The van der Waals surface area contributed by atoms with Crippen LogP contribution in [0.3, 0.4) is 0 Å². The Balaban J connectivity index is 2.27. The molecule has 17 heavy (non-hydrogen) atoms. The Hall–Kier alpha value is -2.41. The molecule has 1 aromatic heterocycles. The summed E-state index contributed by atoms with van der Waals surface area (Å²) in [6, 6.07) is 11.6. The fraction of sp³-hybridized carbons (Fsp3) is 0.0769. The van der Waals surface area contributed by atoms with E-state index in [1.165, 1.54) is 12.1 Å². The van der Waals surface area contributed by atoms with Gasteiger partial charge in [-0.25, -0.2) is 9.37 Å². The highest BCUT2D eigenvalue weighted by Gasteiger charge is 2.04. The molecule has 0 amide bonds. The lowest BCUT2D eigenvalue weighted by atomic mass is 10.2. The summed E-state index contributed by atoms with van der Waals surface area (Å²) >= 11 is 0. The summed E-state index contributed by atoms with van der Waals surface area (Å²) in [5.74, 6) is -0.264. The Morgan fingerprint density at radius 1 is 1.12 bits per heavy atom. The molecule has 0 spiro atoms. The number of hydrogen-bond acceptors (Lipinski definition) is 3. The van der Waals surface area contributed by atoms with Gasteiger partial charge in [0, 0.05) is 12.7 Å². The summed E-state index contributed by atoms with van der Waals surface area (Å²) in [7, 11) is 1.86. The molecule has 0 unspecified atom stereocenters. The lowest BCUT2D eigenvalue weighted by Gasteiger charge is -2.18. The van der Waals surface area contributed by atoms with Crippen LogP contribution in [0, 0.1) is 17.1 Å². The van der Waals surface area contributed by atoms with E-state index in [9.17, 15) is 4.39 Å². The van der Waals surface area contributed by atoms with E-state index in [1.807, 2.05) is 18.0 Å². The van der Waals surface area contributed by atoms with E-state index in [1.54, 1.807) is 30.5 Å². The van der Waals surface area contributed by atoms with Crippen LogP contribution in [0.15, 0.2) is 42.6 Å². The average Bonchev–Trinajstić information content (AvgIpc) is 2.39. The smallest absolute Gasteiger partial charge is 0.140 e. The number of aromatic nitrogens is 1. The van der Waals surface area contributed by atoms with Gasteiger partial charge in [0.15, 0.2) is 0 Å². The van der Waals surface area contributed by atoms with Crippen LogP contribution in [0.4, 0.5) is 15.8 Å². The van der Waals surface area contributed by atoms with Gasteiger partial charge in [-0.15, -0.1) is 0 Å². The van der Waals surface area contributed by atoms with E-state index in [-0.39, 0.29) is 5.82 Å². The Bertz CT molecular complexity index is 540. The van der Waals surface area contributed by atoms with Gasteiger partial charge in [0.25, 0.3) is 0 Å². The predicted octanol–water partition coefficient (Wildman–Crippen LogP) is 2.86. The molecule has 0 radical (unpaired) electrons. The quantitative estimate of drug-likeness (QED) is 0.792. The maximum Gasteiger partial charge on any atom is 0.140 e. The van der Waals surface area contributed by atoms with Crippen molar-refractivity contribution in [2.75, 3.05) is 11.9 Å². The van der Waals surface area contributed by atoms with Crippen LogP contribution in [0.1, 0.15) is 5.69 Å². The van der Waals surface area contributed by atoms with Crippen molar-refractivity contribution in [1.82, 2.24) is 4.98 Å². The van der Waals surface area contributed by atoms with Crippen LogP contribution in [-0.2, 0) is 0 Å². The summed E-state index contributed by atoms with van der Waals surface area (Å²) in [5.41, 5.74) is 2.08. The van der Waals surface area contributed by atoms with Crippen LogP contribution in [0.2, 0.25) is 0 Å². The summed E-state index contributed by atoms with van der Waals surface area (Å²) in [6.45, 7) is 0. The van der Waals surface area contributed by atoms with Crippen molar-refractivity contribution < 1.29 is 4.39 Å². The van der Waals surface area contributed by atoms with Gasteiger partial charge in [-0.1, -0.05) is 0 Å². The van der Waals surface area contributed by atoms with Crippen LogP contribution >= 0.6 is 0 Å². The molecule has 0 aliphatic heterocycles. The van der Waals surface area contributed by atoms with Gasteiger partial charge < -0.3 is 4.90 Å². The maximum absolute atomic E-state index is 12.8. The maximum atomic E-state index is 12.8. The molecule has 2 aromatic rings. The molecule has 0 bridgehead atoms. The van der Waals surface area contributed by atoms with Crippen LogP contribution in [-0.4, -0.2) is 12.0 Å². The number of nitrogens with zero attached hydrogens (tertiary/aromatic N) is 3. The third kappa shape index (κ3) is 2.40. The highest BCUT2D eigenvalue weighted by atomic mass is 19.1. The molecule has 4 heteroatoms. The Kier molecular flexibility index (Phi) is 3.01. The van der Waals surface area contributed by atoms with Crippen molar-refractivity contribution in [2.45, 2.75) is 0 Å². The Morgan fingerprint density at radius 2 is 1.76 bits per heavy atom. The van der Waals surface area contributed by atoms with E-state index in [2.05, 4.69) is 4.98 Å². The Labute approximate surface area is 98.8 Å². The second-order valence-electron chi connectivity index (χ2n) is 3.55. The molecule has 1 aromatic carbocycles. The monoisotopic (exact) mass is 227 g/mol. The predicted molar refractivity (Wildman–Crippen MR) is 63.4 cm³/mol. The molecule has 0 N–H and O–H groups in total. The lowest BCUT2D eigenvalue weighted by Crippen LogP contribution is -2.09. The van der Waals surface area contributed by atoms with Gasteiger partial charge in [-0.3, -0.25) is 0 Å². The first-order chi connectivity index (χ1) is 8.20. The van der Waals surface area contributed by atoms with Gasteiger partial charge in [-0.2, -0.15) is 5.26 Å². The first-order valence-electron chi connectivity index (χ1n) is 5.06. The molecule has 0 aliphatic rings. The van der Waals surface area contributed by atoms with Gasteiger partial charge >= 0.3 is 0 Å². The molecule has 2 rings (SSSR count). The number of rotatable bonds is 2. The molecule has 0 saturated heterocycles. The van der Waals surface area contributed by atoms with E-state index >= 15 is 0 Å². The van der Waals surface area contributed by atoms with Crippen molar-refractivity contribution in [1.29, 1.82) is 5.26 Å². The van der Waals surface area contributed by atoms with Crippen LogP contribution in [0.5, 0.6) is 0 Å². The minimum absolute atomic E-state index is 0.264. The van der Waals surface area contributed by atoms with Crippen LogP contribution in [0.25, 0.3) is 0 Å². The van der Waals surface area contributed by atoms with Gasteiger partial charge in [0.1, 0.15) is 17.6 Å². The SMILES string of the molecule is CN(c1ccc(F)cc1)c1ccc(C#N)nc1.